The number of aromatic nitrogens is 2. The van der Waals surface area contributed by atoms with Crippen molar-refractivity contribution in [3.63, 3.8) is 0 Å². The summed E-state index contributed by atoms with van der Waals surface area (Å²) in [6, 6.07) is 14.4. The first-order chi connectivity index (χ1) is 19.9. The van der Waals surface area contributed by atoms with Crippen LogP contribution in [0.1, 0.15) is 65.0 Å². The summed E-state index contributed by atoms with van der Waals surface area (Å²) in [4.78, 5) is 11.4. The molecular formula is C32H41N5O2S2. The number of thioether (sulfide) groups is 1. The number of allylic oxidation sites excluding steroid dienone is 2. The zero-order valence-corrected chi connectivity index (χ0v) is 25.9. The average Bonchev–Trinajstić information content (AvgIpc) is 2.95. The zero-order valence-electron chi connectivity index (χ0n) is 24.2. The summed E-state index contributed by atoms with van der Waals surface area (Å²) < 4.78 is 23.0. The summed E-state index contributed by atoms with van der Waals surface area (Å²) in [5, 5.41) is 9.14. The zero-order chi connectivity index (χ0) is 28.8. The highest BCUT2D eigenvalue weighted by Gasteiger charge is 2.25. The maximum Gasteiger partial charge on any atom is 0.223 e. The van der Waals surface area contributed by atoms with Crippen molar-refractivity contribution in [3.8, 4) is 5.75 Å². The summed E-state index contributed by atoms with van der Waals surface area (Å²) in [7, 11) is -1.09. The smallest absolute Gasteiger partial charge is 0.223 e. The normalized spacial score (nSPS) is 19.5. The summed E-state index contributed by atoms with van der Waals surface area (Å²) >= 11 is 1.58. The Labute approximate surface area is 250 Å². The highest BCUT2D eigenvalue weighted by Crippen LogP contribution is 2.41. The number of rotatable bonds is 12. The third kappa shape index (κ3) is 7.31. The summed E-state index contributed by atoms with van der Waals surface area (Å²) in [6.07, 6.45) is 8.13. The fourth-order valence-electron chi connectivity index (χ4n) is 5.02. The minimum atomic E-state index is -1.09. The molecule has 41 heavy (non-hydrogen) atoms. The van der Waals surface area contributed by atoms with E-state index >= 15 is 0 Å². The van der Waals surface area contributed by atoms with Crippen molar-refractivity contribution >= 4 is 50.1 Å². The summed E-state index contributed by atoms with van der Waals surface area (Å²) in [5.41, 5.74) is 1.68. The van der Waals surface area contributed by atoms with Gasteiger partial charge in [-0.05, 0) is 68.7 Å². The van der Waals surface area contributed by atoms with Crippen molar-refractivity contribution in [1.82, 2.24) is 15.3 Å². The number of nitrogens with zero attached hydrogens (tertiary/aromatic N) is 2. The van der Waals surface area contributed by atoms with Crippen LogP contribution >= 0.6 is 11.8 Å². The van der Waals surface area contributed by atoms with Crippen molar-refractivity contribution in [2.45, 2.75) is 70.6 Å². The second-order valence-electron chi connectivity index (χ2n) is 11.0. The number of piperidine rings is 1. The van der Waals surface area contributed by atoms with E-state index in [0.717, 1.165) is 95.1 Å². The highest BCUT2D eigenvalue weighted by atomic mass is 32.2. The molecule has 5 rings (SSSR count). The lowest BCUT2D eigenvalue weighted by Crippen LogP contribution is -2.38. The van der Waals surface area contributed by atoms with Gasteiger partial charge in [-0.2, -0.15) is 0 Å². The predicted molar refractivity (Wildman–Crippen MR) is 174 cm³/mol. The largest absolute Gasteiger partial charge is 0.460 e. The molecule has 218 valence electrons. The fraction of sp³-hybridized carbons (Fsp3) is 0.438. The average molecular weight is 592 g/mol. The molecule has 2 aliphatic rings. The van der Waals surface area contributed by atoms with Crippen molar-refractivity contribution < 1.29 is 8.95 Å². The first-order valence-corrected chi connectivity index (χ1v) is 16.7. The van der Waals surface area contributed by atoms with E-state index in [2.05, 4.69) is 52.9 Å². The van der Waals surface area contributed by atoms with E-state index in [4.69, 9.17) is 9.72 Å². The Kier molecular flexibility index (Phi) is 10.0. The van der Waals surface area contributed by atoms with Gasteiger partial charge in [0.1, 0.15) is 22.5 Å². The van der Waals surface area contributed by atoms with Crippen LogP contribution in [0.3, 0.4) is 0 Å². The van der Waals surface area contributed by atoms with Gasteiger partial charge in [-0.25, -0.2) is 14.2 Å². The number of anilines is 2. The van der Waals surface area contributed by atoms with Crippen LogP contribution in [0.5, 0.6) is 5.75 Å². The van der Waals surface area contributed by atoms with Crippen molar-refractivity contribution in [3.05, 3.63) is 71.6 Å². The van der Waals surface area contributed by atoms with E-state index in [1.54, 1.807) is 11.8 Å². The van der Waals surface area contributed by atoms with E-state index in [-0.39, 0.29) is 11.2 Å². The molecule has 1 aliphatic heterocycles. The highest BCUT2D eigenvalue weighted by molar-refractivity contribution is 8.11. The van der Waals surface area contributed by atoms with Gasteiger partial charge >= 0.3 is 0 Å². The SMILES string of the molecule is C=C(C)S/C(=C(/Oc1ccc(NS(=O)C2CCC2)c2ccccc12)C(C)CC)c1ccnc(NC2CCCNC2)n1. The molecule has 2 fully saturated rings. The third-order valence-electron chi connectivity index (χ3n) is 7.75. The van der Waals surface area contributed by atoms with Gasteiger partial charge in [-0.15, -0.1) is 0 Å². The molecule has 0 bridgehead atoms. The van der Waals surface area contributed by atoms with Crippen LogP contribution in [-0.4, -0.2) is 38.6 Å². The monoisotopic (exact) mass is 591 g/mol. The van der Waals surface area contributed by atoms with Crippen LogP contribution in [-0.2, 0) is 11.0 Å². The molecule has 2 heterocycles. The molecule has 7 nitrogen and oxygen atoms in total. The maximum absolute atomic E-state index is 12.9. The number of ether oxygens (including phenoxy) is 1. The number of hydrogen-bond donors (Lipinski definition) is 3. The lowest BCUT2D eigenvalue weighted by molar-refractivity contribution is 0.360. The number of fused-ring (bicyclic) bond motifs is 1. The molecule has 1 aromatic heterocycles. The van der Waals surface area contributed by atoms with Gasteiger partial charge < -0.3 is 20.1 Å². The molecular weight excluding hydrogens is 551 g/mol. The van der Waals surface area contributed by atoms with Gasteiger partial charge in [0, 0.05) is 35.5 Å². The molecule has 9 heteroatoms. The molecule has 2 aromatic carbocycles. The number of nitrogens with one attached hydrogen (secondary N) is 3. The molecule has 3 atom stereocenters. The molecule has 1 saturated carbocycles. The Morgan fingerprint density at radius 1 is 1.17 bits per heavy atom. The topological polar surface area (TPSA) is 88.2 Å². The minimum Gasteiger partial charge on any atom is -0.460 e. The molecule has 0 spiro atoms. The predicted octanol–water partition coefficient (Wildman–Crippen LogP) is 7.48. The van der Waals surface area contributed by atoms with Crippen molar-refractivity contribution in [1.29, 1.82) is 0 Å². The quantitative estimate of drug-likeness (QED) is 0.188. The first kappa shape index (κ1) is 29.6. The van der Waals surface area contributed by atoms with E-state index in [9.17, 15) is 4.21 Å². The Morgan fingerprint density at radius 2 is 1.98 bits per heavy atom. The molecule has 0 radical (unpaired) electrons. The maximum atomic E-state index is 12.9. The van der Waals surface area contributed by atoms with Crippen LogP contribution in [0.2, 0.25) is 0 Å². The van der Waals surface area contributed by atoms with Crippen molar-refractivity contribution in [2.24, 2.45) is 5.92 Å². The number of hydrogen-bond acceptors (Lipinski definition) is 7. The fourth-order valence-corrected chi connectivity index (χ4v) is 7.25. The third-order valence-corrected chi connectivity index (χ3v) is 10.2. The Hall–Kier alpha value is -2.88. The van der Waals surface area contributed by atoms with Crippen LogP contribution in [0.25, 0.3) is 15.7 Å². The van der Waals surface area contributed by atoms with E-state index in [0.29, 0.717) is 12.0 Å². The standard InChI is InChI=1S/C32H41N5O2S2/c1-5-22(4)30(31(40-21(2)3)28-17-19-34-32(36-28)35-23-10-9-18-33-20-23)39-29-16-15-27(25-13-6-7-14-26(25)29)37-41(38)24-11-8-12-24/h6-7,13-17,19,22-24,33,37H,2,5,8-12,18,20H2,1,3-4H3,(H,34,35,36)/b31-30+. The van der Waals surface area contributed by atoms with Gasteiger partial charge in [0.2, 0.25) is 5.95 Å². The second kappa shape index (κ2) is 13.9. The lowest BCUT2D eigenvalue weighted by atomic mass is 10.0. The molecule has 3 aromatic rings. The van der Waals surface area contributed by atoms with Gasteiger partial charge in [0.25, 0.3) is 0 Å². The van der Waals surface area contributed by atoms with Crippen molar-refractivity contribution in [2.75, 3.05) is 23.1 Å². The minimum absolute atomic E-state index is 0.133. The van der Waals surface area contributed by atoms with E-state index in [1.807, 2.05) is 43.5 Å². The molecule has 3 N–H and O–H groups in total. The Balaban J connectivity index is 1.52. The van der Waals surface area contributed by atoms with Gasteiger partial charge in [0.15, 0.2) is 0 Å². The molecule has 1 saturated heterocycles. The van der Waals surface area contributed by atoms with Crippen LogP contribution < -0.4 is 20.1 Å². The molecule has 1 aliphatic carbocycles. The van der Waals surface area contributed by atoms with E-state index < -0.39 is 11.0 Å². The van der Waals surface area contributed by atoms with Gasteiger partial charge in [0.05, 0.1) is 21.5 Å². The van der Waals surface area contributed by atoms with Gasteiger partial charge in [-0.1, -0.05) is 62.9 Å². The Bertz CT molecular complexity index is 1430. The number of benzene rings is 2. The molecule has 0 amide bonds. The van der Waals surface area contributed by atoms with E-state index in [1.165, 1.54) is 0 Å². The van der Waals surface area contributed by atoms with Gasteiger partial charge in [-0.3, -0.25) is 0 Å². The van der Waals surface area contributed by atoms with Crippen LogP contribution in [0, 0.1) is 5.92 Å². The molecule has 3 unspecified atom stereocenters. The van der Waals surface area contributed by atoms with Crippen LogP contribution in [0.15, 0.2) is 65.9 Å². The first-order valence-electron chi connectivity index (χ1n) is 14.7. The van der Waals surface area contributed by atoms with Crippen LogP contribution in [0.4, 0.5) is 11.6 Å². The lowest BCUT2D eigenvalue weighted by Gasteiger charge is -2.25. The summed E-state index contributed by atoms with van der Waals surface area (Å²) in [5.74, 6) is 2.37. The second-order valence-corrected chi connectivity index (χ2v) is 13.7. The Morgan fingerprint density at radius 3 is 2.66 bits per heavy atom. The summed E-state index contributed by atoms with van der Waals surface area (Å²) in [6.45, 7) is 12.5.